The van der Waals surface area contributed by atoms with Crippen LogP contribution in [0.4, 0.5) is 5.69 Å². The first kappa shape index (κ1) is 24.1. The smallest absolute Gasteiger partial charge is 0.355 e. The number of hydrogen-bond donors (Lipinski definition) is 2. The highest BCUT2D eigenvalue weighted by molar-refractivity contribution is 9.10. The molecule has 0 bridgehead atoms. The molecule has 0 spiro atoms. The van der Waals surface area contributed by atoms with Crippen LogP contribution in [-0.4, -0.2) is 54.0 Å². The molecule has 182 valence electrons. The molecule has 0 unspecified atom stereocenters. The molecule has 0 radical (unpaired) electrons. The van der Waals surface area contributed by atoms with Crippen LogP contribution in [0.1, 0.15) is 40.2 Å². The Bertz CT molecular complexity index is 1280. The minimum absolute atomic E-state index is 0.260. The van der Waals surface area contributed by atoms with Gasteiger partial charge in [-0.05, 0) is 74.8 Å². The van der Waals surface area contributed by atoms with Gasteiger partial charge in [0.1, 0.15) is 11.3 Å². The molecule has 2 aromatic heterocycles. The Hall–Kier alpha value is -2.62. The maximum Gasteiger partial charge on any atom is 0.355 e. The van der Waals surface area contributed by atoms with Crippen molar-refractivity contribution in [1.82, 2.24) is 14.5 Å². The zero-order chi connectivity index (χ0) is 24.5. The Morgan fingerprint density at radius 2 is 2.09 bits per heavy atom. The molecule has 1 aromatic carbocycles. The third-order valence-corrected chi connectivity index (χ3v) is 7.46. The second-order valence-electron chi connectivity index (χ2n) is 9.70. The number of carbonyl (C=O) groups is 1. The van der Waals surface area contributed by atoms with E-state index in [-0.39, 0.29) is 12.8 Å². The Labute approximate surface area is 214 Å². The van der Waals surface area contributed by atoms with Gasteiger partial charge < -0.3 is 25.2 Å². The largest absolute Gasteiger partial charge is 0.461 e. The molecular formula is C26H31BBrN5O2. The topological polar surface area (TPSA) is 85.4 Å². The number of esters is 1. The summed E-state index contributed by atoms with van der Waals surface area (Å²) in [6.07, 6.45) is 4.26. The van der Waals surface area contributed by atoms with Gasteiger partial charge in [0, 0.05) is 27.7 Å². The minimum atomic E-state index is -0.303. The molecule has 35 heavy (non-hydrogen) atoms. The number of fused-ring (bicyclic) bond motifs is 2. The zero-order valence-corrected chi connectivity index (χ0v) is 21.8. The van der Waals surface area contributed by atoms with Gasteiger partial charge in [-0.2, -0.15) is 0 Å². The second-order valence-corrected chi connectivity index (χ2v) is 10.6. The molecule has 0 amide bonds. The number of piperidine rings is 1. The lowest BCUT2D eigenvalue weighted by Gasteiger charge is -2.28. The van der Waals surface area contributed by atoms with Gasteiger partial charge in [0.05, 0.1) is 18.8 Å². The van der Waals surface area contributed by atoms with Gasteiger partial charge in [0.15, 0.2) is 0 Å². The quantitative estimate of drug-likeness (QED) is 0.359. The summed E-state index contributed by atoms with van der Waals surface area (Å²) in [7, 11) is 2.13. The third-order valence-electron chi connectivity index (χ3n) is 7.00. The van der Waals surface area contributed by atoms with Crippen LogP contribution < -0.4 is 11.0 Å². The predicted octanol–water partition coefficient (Wildman–Crippen LogP) is 4.40. The first-order chi connectivity index (χ1) is 16.9. The fourth-order valence-electron chi connectivity index (χ4n) is 4.93. The number of halogens is 1. The monoisotopic (exact) mass is 535 g/mol. The lowest BCUT2D eigenvalue weighted by atomic mass is 9.63. The Kier molecular flexibility index (Phi) is 7.00. The summed E-state index contributed by atoms with van der Waals surface area (Å²) in [5, 5.41) is 4.42. The summed E-state index contributed by atoms with van der Waals surface area (Å²) in [5.74, 6) is 2.25. The number of nitrogens with zero attached hydrogens (tertiary/aromatic N) is 3. The SMILES string of the molecule is CB1C=Cc2c(Cn3c(C(=O)OCC4CCN(C)CC4)cc4ccc(CN)nc43)cc(Br)cc2N1. The average Bonchev–Trinajstić information content (AvgIpc) is 3.20. The van der Waals surface area contributed by atoms with E-state index in [1.54, 1.807) is 0 Å². The van der Waals surface area contributed by atoms with Gasteiger partial charge in [-0.25, -0.2) is 9.78 Å². The van der Waals surface area contributed by atoms with E-state index in [2.05, 4.69) is 64.1 Å². The lowest BCUT2D eigenvalue weighted by molar-refractivity contribution is 0.0373. The number of rotatable bonds is 6. The molecular weight excluding hydrogens is 505 g/mol. The number of ether oxygens (including phenoxy) is 1. The van der Waals surface area contributed by atoms with E-state index >= 15 is 0 Å². The maximum absolute atomic E-state index is 13.3. The van der Waals surface area contributed by atoms with Crippen LogP contribution in [-0.2, 0) is 17.8 Å². The molecule has 9 heteroatoms. The van der Waals surface area contributed by atoms with Crippen molar-refractivity contribution in [2.75, 3.05) is 32.0 Å². The molecule has 2 aliphatic rings. The van der Waals surface area contributed by atoms with Crippen LogP contribution in [0.5, 0.6) is 0 Å². The van der Waals surface area contributed by atoms with Crippen LogP contribution in [0.2, 0.25) is 6.82 Å². The van der Waals surface area contributed by atoms with Crippen molar-refractivity contribution in [2.24, 2.45) is 11.7 Å². The van der Waals surface area contributed by atoms with Gasteiger partial charge in [-0.3, -0.25) is 0 Å². The molecule has 3 aromatic rings. The van der Waals surface area contributed by atoms with Crippen LogP contribution in [0.25, 0.3) is 17.1 Å². The van der Waals surface area contributed by atoms with Gasteiger partial charge in [-0.15, -0.1) is 0 Å². The molecule has 1 fully saturated rings. The first-order valence-electron chi connectivity index (χ1n) is 12.2. The highest BCUT2D eigenvalue weighted by Gasteiger charge is 2.24. The van der Waals surface area contributed by atoms with E-state index in [1.807, 2.05) is 22.8 Å². The normalized spacial score (nSPS) is 16.4. The van der Waals surface area contributed by atoms with E-state index in [0.29, 0.717) is 31.3 Å². The van der Waals surface area contributed by atoms with Crippen molar-refractivity contribution in [3.05, 3.63) is 63.3 Å². The molecule has 0 atom stereocenters. The van der Waals surface area contributed by atoms with Crippen molar-refractivity contribution < 1.29 is 9.53 Å². The van der Waals surface area contributed by atoms with Crippen LogP contribution in [0, 0.1) is 5.92 Å². The second kappa shape index (κ2) is 10.2. The molecule has 3 N–H and O–H groups in total. The van der Waals surface area contributed by atoms with Crippen LogP contribution >= 0.6 is 15.9 Å². The molecule has 7 nitrogen and oxygen atoms in total. The number of nitrogens with one attached hydrogen (secondary N) is 1. The molecule has 2 aliphatic heterocycles. The summed E-state index contributed by atoms with van der Waals surface area (Å²) in [4.78, 5) is 20.4. The van der Waals surface area contributed by atoms with Crippen molar-refractivity contribution in [3.8, 4) is 0 Å². The van der Waals surface area contributed by atoms with Crippen molar-refractivity contribution in [2.45, 2.75) is 32.8 Å². The van der Waals surface area contributed by atoms with Gasteiger partial charge >= 0.3 is 5.97 Å². The Balaban J connectivity index is 1.49. The number of benzene rings is 1. The van der Waals surface area contributed by atoms with Crippen molar-refractivity contribution in [1.29, 1.82) is 0 Å². The Morgan fingerprint density at radius 1 is 1.29 bits per heavy atom. The fraction of sp³-hybridized carbons (Fsp3) is 0.385. The number of hydrogen-bond acceptors (Lipinski definition) is 6. The number of nitrogens with two attached hydrogens (primary N) is 1. The van der Waals surface area contributed by atoms with Gasteiger partial charge in [0.2, 0.25) is 0 Å². The molecule has 4 heterocycles. The van der Waals surface area contributed by atoms with Crippen LogP contribution in [0.15, 0.2) is 40.8 Å². The summed E-state index contributed by atoms with van der Waals surface area (Å²) in [6, 6.07) is 9.98. The zero-order valence-electron chi connectivity index (χ0n) is 20.3. The predicted molar refractivity (Wildman–Crippen MR) is 146 cm³/mol. The minimum Gasteiger partial charge on any atom is -0.461 e. The average molecular weight is 536 g/mol. The number of likely N-dealkylation sites (tertiary alicyclic amines) is 1. The number of pyridine rings is 1. The summed E-state index contributed by atoms with van der Waals surface area (Å²) < 4.78 is 8.81. The van der Waals surface area contributed by atoms with E-state index in [9.17, 15) is 4.79 Å². The lowest BCUT2D eigenvalue weighted by Crippen LogP contribution is -2.32. The van der Waals surface area contributed by atoms with Crippen LogP contribution in [0.3, 0.4) is 0 Å². The van der Waals surface area contributed by atoms with Gasteiger partial charge in [-0.1, -0.05) is 34.8 Å². The molecule has 0 aliphatic carbocycles. The number of anilines is 1. The van der Waals surface area contributed by atoms with Crippen molar-refractivity contribution in [3.63, 3.8) is 0 Å². The molecule has 0 saturated carbocycles. The highest BCUT2D eigenvalue weighted by Crippen LogP contribution is 2.32. The summed E-state index contributed by atoms with van der Waals surface area (Å²) in [6.45, 7) is 5.75. The fourth-order valence-corrected chi connectivity index (χ4v) is 5.44. The van der Waals surface area contributed by atoms with Gasteiger partial charge in [0.25, 0.3) is 6.85 Å². The standard InChI is InChI=1S/C26H31BBrN5O2/c1-27-8-5-22-19(11-20(28)13-23(22)31-27)15-33-24(12-18-3-4-21(14-29)30-25(18)33)26(34)35-16-17-6-9-32(2)10-7-17/h3-5,8,11-13,17,31H,6-7,9-10,14-16,29H2,1-2H3. The van der Waals surface area contributed by atoms with E-state index < -0.39 is 0 Å². The first-order valence-corrected chi connectivity index (χ1v) is 13.0. The third kappa shape index (κ3) is 5.17. The molecule has 1 saturated heterocycles. The number of aromatic nitrogens is 2. The van der Waals surface area contributed by atoms with E-state index in [4.69, 9.17) is 15.5 Å². The van der Waals surface area contributed by atoms with E-state index in [1.165, 1.54) is 0 Å². The van der Waals surface area contributed by atoms with E-state index in [0.717, 1.165) is 63.9 Å². The van der Waals surface area contributed by atoms with Crippen molar-refractivity contribution >= 4 is 51.5 Å². The Morgan fingerprint density at radius 3 is 2.86 bits per heavy atom. The number of carbonyl (C=O) groups excluding carboxylic acids is 1. The molecule has 5 rings (SSSR count). The summed E-state index contributed by atoms with van der Waals surface area (Å²) in [5.41, 5.74) is 11.2. The highest BCUT2D eigenvalue weighted by atomic mass is 79.9. The maximum atomic E-state index is 13.3. The summed E-state index contributed by atoms with van der Waals surface area (Å²) >= 11 is 3.66.